The minimum absolute atomic E-state index is 0.126. The maximum atomic E-state index is 12.5. The Morgan fingerprint density at radius 3 is 2.58 bits per heavy atom. The van der Waals surface area contributed by atoms with E-state index in [0.29, 0.717) is 17.2 Å². The van der Waals surface area contributed by atoms with Gasteiger partial charge in [-0.15, -0.1) is 0 Å². The molecule has 0 aliphatic rings. The van der Waals surface area contributed by atoms with Crippen LogP contribution in [0, 0.1) is 5.92 Å². The van der Waals surface area contributed by atoms with Crippen LogP contribution in [0.15, 0.2) is 60.8 Å². The summed E-state index contributed by atoms with van der Waals surface area (Å²) in [5, 5.41) is 3.93. The number of pyridine rings is 1. The van der Waals surface area contributed by atoms with E-state index in [1.54, 1.807) is 6.20 Å². The number of para-hydroxylation sites is 1. The Bertz CT molecular complexity index is 887. The summed E-state index contributed by atoms with van der Waals surface area (Å²) in [6, 6.07) is 17.5. The normalized spacial score (nSPS) is 10.9. The lowest BCUT2D eigenvalue weighted by molar-refractivity contribution is 0.102. The molecule has 3 rings (SSSR count). The molecule has 0 aliphatic heterocycles. The first-order valence-electron chi connectivity index (χ1n) is 9.00. The number of carbonyl (C=O) groups is 1. The predicted octanol–water partition coefficient (Wildman–Crippen LogP) is 4.97. The lowest BCUT2D eigenvalue weighted by Gasteiger charge is -2.20. The van der Waals surface area contributed by atoms with Gasteiger partial charge in [0.25, 0.3) is 5.91 Å². The van der Waals surface area contributed by atoms with Crippen molar-refractivity contribution in [1.29, 1.82) is 0 Å². The minimum atomic E-state index is -0.126. The molecule has 4 nitrogen and oxygen atoms in total. The average Bonchev–Trinajstić information content (AvgIpc) is 2.66. The number of aromatic nitrogens is 1. The third-order valence-electron chi connectivity index (χ3n) is 4.46. The third kappa shape index (κ3) is 4.39. The van der Waals surface area contributed by atoms with Gasteiger partial charge in [-0.2, -0.15) is 0 Å². The summed E-state index contributed by atoms with van der Waals surface area (Å²) in [6.45, 7) is 5.46. The van der Waals surface area contributed by atoms with Gasteiger partial charge < -0.3 is 10.2 Å². The maximum absolute atomic E-state index is 12.5. The van der Waals surface area contributed by atoms with E-state index in [4.69, 9.17) is 0 Å². The van der Waals surface area contributed by atoms with E-state index in [0.717, 1.165) is 29.6 Å². The van der Waals surface area contributed by atoms with E-state index in [9.17, 15) is 4.79 Å². The van der Waals surface area contributed by atoms with Crippen molar-refractivity contribution in [2.75, 3.05) is 23.8 Å². The molecule has 0 saturated carbocycles. The molecule has 2 aromatic carbocycles. The largest absolute Gasteiger partial charge is 0.375 e. The molecular weight excluding hydrogens is 322 g/mol. The van der Waals surface area contributed by atoms with Gasteiger partial charge in [0, 0.05) is 30.2 Å². The first-order valence-corrected chi connectivity index (χ1v) is 9.00. The van der Waals surface area contributed by atoms with E-state index in [-0.39, 0.29) is 5.91 Å². The summed E-state index contributed by atoms with van der Waals surface area (Å²) < 4.78 is 0. The summed E-state index contributed by atoms with van der Waals surface area (Å²) in [5.41, 5.74) is 3.37. The quantitative estimate of drug-likeness (QED) is 0.685. The van der Waals surface area contributed by atoms with Crippen LogP contribution in [-0.4, -0.2) is 24.5 Å². The molecule has 1 heterocycles. The van der Waals surface area contributed by atoms with Crippen molar-refractivity contribution in [2.24, 2.45) is 5.92 Å². The number of anilines is 2. The van der Waals surface area contributed by atoms with Crippen molar-refractivity contribution in [3.05, 3.63) is 66.4 Å². The van der Waals surface area contributed by atoms with Crippen LogP contribution in [0.25, 0.3) is 10.9 Å². The van der Waals surface area contributed by atoms with Crippen LogP contribution in [0.5, 0.6) is 0 Å². The van der Waals surface area contributed by atoms with Crippen molar-refractivity contribution in [2.45, 2.75) is 20.3 Å². The van der Waals surface area contributed by atoms with Crippen molar-refractivity contribution < 1.29 is 4.79 Å². The molecule has 1 N–H and O–H groups in total. The second kappa shape index (κ2) is 8.00. The second-order valence-electron chi connectivity index (χ2n) is 7.02. The lowest BCUT2D eigenvalue weighted by atomic mass is 10.1. The lowest BCUT2D eigenvalue weighted by Crippen LogP contribution is -2.20. The molecule has 3 aromatic rings. The fraction of sp³-hybridized carbons (Fsp3) is 0.273. The van der Waals surface area contributed by atoms with Crippen LogP contribution < -0.4 is 10.2 Å². The fourth-order valence-corrected chi connectivity index (χ4v) is 2.79. The van der Waals surface area contributed by atoms with Gasteiger partial charge in [-0.1, -0.05) is 32.0 Å². The highest BCUT2D eigenvalue weighted by molar-refractivity contribution is 6.05. The first-order chi connectivity index (χ1) is 12.5. The number of benzene rings is 2. The molecule has 1 aromatic heterocycles. The van der Waals surface area contributed by atoms with Gasteiger partial charge in [-0.3, -0.25) is 9.78 Å². The topological polar surface area (TPSA) is 45.2 Å². The van der Waals surface area contributed by atoms with Gasteiger partial charge in [0.15, 0.2) is 0 Å². The Morgan fingerprint density at radius 2 is 1.85 bits per heavy atom. The monoisotopic (exact) mass is 347 g/mol. The number of nitrogens with zero attached hydrogens (tertiary/aromatic N) is 2. The van der Waals surface area contributed by atoms with Crippen molar-refractivity contribution in [3.8, 4) is 0 Å². The minimum Gasteiger partial charge on any atom is -0.375 e. The molecule has 0 aliphatic carbocycles. The molecular formula is C22H25N3O. The van der Waals surface area contributed by atoms with Crippen LogP contribution in [0.4, 0.5) is 11.4 Å². The van der Waals surface area contributed by atoms with E-state index < -0.39 is 0 Å². The Morgan fingerprint density at radius 1 is 1.12 bits per heavy atom. The molecule has 134 valence electrons. The van der Waals surface area contributed by atoms with E-state index >= 15 is 0 Å². The zero-order chi connectivity index (χ0) is 18.5. The molecule has 0 fully saturated rings. The molecule has 0 spiro atoms. The molecule has 0 saturated heterocycles. The van der Waals surface area contributed by atoms with Crippen LogP contribution in [0.1, 0.15) is 30.6 Å². The fourth-order valence-electron chi connectivity index (χ4n) is 2.79. The summed E-state index contributed by atoms with van der Waals surface area (Å²) in [7, 11) is 2.08. The molecule has 4 heteroatoms. The highest BCUT2D eigenvalue weighted by Gasteiger charge is 2.08. The number of hydrogen-bond donors (Lipinski definition) is 1. The molecule has 0 bridgehead atoms. The van der Waals surface area contributed by atoms with E-state index in [2.05, 4.69) is 36.1 Å². The number of fused-ring (bicyclic) bond motifs is 1. The van der Waals surface area contributed by atoms with Crippen molar-refractivity contribution >= 4 is 28.2 Å². The predicted molar refractivity (Wildman–Crippen MR) is 109 cm³/mol. The smallest absolute Gasteiger partial charge is 0.255 e. The molecule has 1 amide bonds. The van der Waals surface area contributed by atoms with Crippen LogP contribution in [-0.2, 0) is 0 Å². The Kier molecular flexibility index (Phi) is 5.52. The zero-order valence-electron chi connectivity index (χ0n) is 15.6. The number of nitrogens with one attached hydrogen (secondary N) is 1. The number of carbonyl (C=O) groups excluding carboxylic acids is 1. The summed E-state index contributed by atoms with van der Waals surface area (Å²) in [4.78, 5) is 19.1. The summed E-state index contributed by atoms with van der Waals surface area (Å²) in [6.07, 6.45) is 2.84. The highest BCUT2D eigenvalue weighted by Crippen LogP contribution is 2.19. The number of amides is 1. The molecule has 0 radical (unpaired) electrons. The second-order valence-corrected chi connectivity index (χ2v) is 7.02. The summed E-state index contributed by atoms with van der Waals surface area (Å²) in [5.74, 6) is 0.552. The number of rotatable bonds is 6. The van der Waals surface area contributed by atoms with Crippen LogP contribution >= 0.6 is 0 Å². The summed E-state index contributed by atoms with van der Waals surface area (Å²) >= 11 is 0. The highest BCUT2D eigenvalue weighted by atomic mass is 16.1. The average molecular weight is 347 g/mol. The Balaban J connectivity index is 1.67. The maximum Gasteiger partial charge on any atom is 0.255 e. The van der Waals surface area contributed by atoms with Crippen LogP contribution in [0.2, 0.25) is 0 Å². The number of hydrogen-bond acceptors (Lipinski definition) is 3. The van der Waals surface area contributed by atoms with E-state index in [1.807, 2.05) is 54.6 Å². The zero-order valence-corrected chi connectivity index (χ0v) is 15.6. The van der Waals surface area contributed by atoms with Gasteiger partial charge in [-0.05, 0) is 48.7 Å². The third-order valence-corrected chi connectivity index (χ3v) is 4.46. The van der Waals surface area contributed by atoms with Gasteiger partial charge in [0.2, 0.25) is 0 Å². The Labute approximate surface area is 154 Å². The van der Waals surface area contributed by atoms with Crippen LogP contribution in [0.3, 0.4) is 0 Å². The van der Waals surface area contributed by atoms with E-state index in [1.165, 1.54) is 0 Å². The molecule has 0 atom stereocenters. The van der Waals surface area contributed by atoms with Gasteiger partial charge >= 0.3 is 0 Å². The van der Waals surface area contributed by atoms with Gasteiger partial charge in [-0.25, -0.2) is 0 Å². The van der Waals surface area contributed by atoms with Gasteiger partial charge in [0.05, 0.1) is 17.4 Å². The SMILES string of the molecule is CC(C)CCN(C)c1ccc(C(=O)Nc2cnc3ccccc3c2)cc1. The molecule has 0 unspecified atom stereocenters. The standard InChI is InChI=1S/C22H25N3O/c1-16(2)12-13-25(3)20-10-8-17(9-11-20)22(26)24-19-14-18-6-4-5-7-21(18)23-15-19/h4-11,14-16H,12-13H2,1-3H3,(H,24,26). The molecule has 26 heavy (non-hydrogen) atoms. The van der Waals surface area contributed by atoms with Gasteiger partial charge in [0.1, 0.15) is 0 Å². The van der Waals surface area contributed by atoms with Crippen molar-refractivity contribution in [1.82, 2.24) is 4.98 Å². The van der Waals surface area contributed by atoms with Crippen molar-refractivity contribution in [3.63, 3.8) is 0 Å². The first kappa shape index (κ1) is 17.9. The Hall–Kier alpha value is -2.88.